The van der Waals surface area contributed by atoms with Crippen LogP contribution in [0.5, 0.6) is 0 Å². The molecule has 0 aliphatic heterocycles. The maximum absolute atomic E-state index is 9.24. The van der Waals surface area contributed by atoms with Gasteiger partial charge in [-0.3, -0.25) is 4.98 Å². The SMILES string of the molecule is CN(CC1CC(O)C1)c1ccc(C(N)=S)nc1. The zero-order valence-electron chi connectivity index (χ0n) is 9.84. The smallest absolute Gasteiger partial charge is 0.122 e. The highest BCUT2D eigenvalue weighted by atomic mass is 32.1. The second-order valence-electron chi connectivity index (χ2n) is 4.64. The number of pyridine rings is 1. The molecular formula is C12H17N3OS. The molecule has 0 spiro atoms. The zero-order chi connectivity index (χ0) is 12.4. The van der Waals surface area contributed by atoms with Gasteiger partial charge in [-0.2, -0.15) is 0 Å². The van der Waals surface area contributed by atoms with E-state index >= 15 is 0 Å². The van der Waals surface area contributed by atoms with Crippen LogP contribution in [0.2, 0.25) is 0 Å². The Labute approximate surface area is 106 Å². The van der Waals surface area contributed by atoms with Gasteiger partial charge in [0.25, 0.3) is 0 Å². The van der Waals surface area contributed by atoms with Gasteiger partial charge in [-0.05, 0) is 30.9 Å². The van der Waals surface area contributed by atoms with E-state index in [0.717, 1.165) is 25.1 Å². The van der Waals surface area contributed by atoms with Gasteiger partial charge in [0.1, 0.15) is 4.99 Å². The van der Waals surface area contributed by atoms with Crippen LogP contribution in [0.3, 0.4) is 0 Å². The molecule has 1 aromatic rings. The van der Waals surface area contributed by atoms with Crippen LogP contribution in [-0.4, -0.2) is 34.8 Å². The highest BCUT2D eigenvalue weighted by Gasteiger charge is 2.27. The van der Waals surface area contributed by atoms with Crippen LogP contribution in [0.25, 0.3) is 0 Å². The maximum Gasteiger partial charge on any atom is 0.122 e. The number of anilines is 1. The van der Waals surface area contributed by atoms with Crippen molar-refractivity contribution >= 4 is 22.9 Å². The summed E-state index contributed by atoms with van der Waals surface area (Å²) >= 11 is 4.86. The van der Waals surface area contributed by atoms with E-state index in [1.165, 1.54) is 0 Å². The monoisotopic (exact) mass is 251 g/mol. The molecule has 1 fully saturated rings. The summed E-state index contributed by atoms with van der Waals surface area (Å²) in [6.07, 6.45) is 3.50. The van der Waals surface area contributed by atoms with E-state index in [4.69, 9.17) is 18.0 Å². The van der Waals surface area contributed by atoms with Gasteiger partial charge in [0, 0.05) is 13.6 Å². The molecule has 5 heteroatoms. The van der Waals surface area contributed by atoms with Crippen LogP contribution in [0, 0.1) is 5.92 Å². The van der Waals surface area contributed by atoms with Crippen molar-refractivity contribution in [3.8, 4) is 0 Å². The van der Waals surface area contributed by atoms with Crippen molar-refractivity contribution in [2.45, 2.75) is 18.9 Å². The number of aliphatic hydroxyl groups is 1. The molecular weight excluding hydrogens is 234 g/mol. The molecule has 1 aliphatic carbocycles. The van der Waals surface area contributed by atoms with Gasteiger partial charge >= 0.3 is 0 Å². The van der Waals surface area contributed by atoms with Gasteiger partial charge in [0.2, 0.25) is 0 Å². The Balaban J connectivity index is 1.94. The molecule has 1 saturated carbocycles. The first kappa shape index (κ1) is 12.3. The average Bonchev–Trinajstić information content (AvgIpc) is 2.27. The lowest BCUT2D eigenvalue weighted by molar-refractivity contribution is 0.0465. The topological polar surface area (TPSA) is 62.4 Å². The van der Waals surface area contributed by atoms with Crippen molar-refractivity contribution in [3.63, 3.8) is 0 Å². The van der Waals surface area contributed by atoms with Crippen LogP contribution < -0.4 is 10.6 Å². The fraction of sp³-hybridized carbons (Fsp3) is 0.500. The Hall–Kier alpha value is -1.20. The van der Waals surface area contributed by atoms with Crippen molar-refractivity contribution < 1.29 is 5.11 Å². The predicted molar refractivity (Wildman–Crippen MR) is 72.1 cm³/mol. The third-order valence-corrected chi connectivity index (χ3v) is 3.39. The van der Waals surface area contributed by atoms with E-state index in [2.05, 4.69) is 9.88 Å². The fourth-order valence-corrected chi connectivity index (χ4v) is 2.22. The largest absolute Gasteiger partial charge is 0.393 e. The molecule has 92 valence electrons. The standard InChI is InChI=1S/C12H17N3OS/c1-15(7-8-4-10(16)5-8)9-2-3-11(12(13)17)14-6-9/h2-3,6,8,10,16H,4-5,7H2,1H3,(H2,13,17). The summed E-state index contributed by atoms with van der Waals surface area (Å²) in [5.41, 5.74) is 7.19. The molecule has 0 radical (unpaired) electrons. The number of aromatic nitrogens is 1. The second kappa shape index (κ2) is 4.98. The van der Waals surface area contributed by atoms with Crippen LogP contribution in [0.4, 0.5) is 5.69 Å². The summed E-state index contributed by atoms with van der Waals surface area (Å²) in [5.74, 6) is 0.588. The lowest BCUT2D eigenvalue weighted by Gasteiger charge is -2.35. The Morgan fingerprint density at radius 1 is 1.59 bits per heavy atom. The van der Waals surface area contributed by atoms with E-state index in [0.29, 0.717) is 16.6 Å². The normalized spacial score (nSPS) is 22.9. The van der Waals surface area contributed by atoms with Crippen LogP contribution >= 0.6 is 12.2 Å². The highest BCUT2D eigenvalue weighted by molar-refractivity contribution is 7.80. The molecule has 0 amide bonds. The van der Waals surface area contributed by atoms with Crippen LogP contribution in [0.1, 0.15) is 18.5 Å². The molecule has 0 bridgehead atoms. The minimum absolute atomic E-state index is 0.0940. The highest BCUT2D eigenvalue weighted by Crippen LogP contribution is 2.28. The van der Waals surface area contributed by atoms with Gasteiger partial charge < -0.3 is 15.7 Å². The molecule has 0 aromatic carbocycles. The minimum atomic E-state index is -0.0940. The number of nitrogens with two attached hydrogens (primary N) is 1. The Kier molecular flexibility index (Phi) is 3.59. The molecule has 1 aromatic heterocycles. The van der Waals surface area contributed by atoms with Crippen molar-refractivity contribution in [2.75, 3.05) is 18.5 Å². The lowest BCUT2D eigenvalue weighted by atomic mass is 9.82. The molecule has 1 heterocycles. The molecule has 4 nitrogen and oxygen atoms in total. The quantitative estimate of drug-likeness (QED) is 0.779. The van der Waals surface area contributed by atoms with E-state index < -0.39 is 0 Å². The third kappa shape index (κ3) is 2.92. The van der Waals surface area contributed by atoms with E-state index in [1.54, 1.807) is 6.20 Å². The summed E-state index contributed by atoms with van der Waals surface area (Å²) in [6, 6.07) is 3.81. The zero-order valence-corrected chi connectivity index (χ0v) is 10.7. The van der Waals surface area contributed by atoms with Gasteiger partial charge in [-0.15, -0.1) is 0 Å². The van der Waals surface area contributed by atoms with Gasteiger partial charge in [0.05, 0.1) is 23.7 Å². The molecule has 0 unspecified atom stereocenters. The predicted octanol–water partition coefficient (Wildman–Crippen LogP) is 0.923. The van der Waals surface area contributed by atoms with Crippen molar-refractivity contribution in [3.05, 3.63) is 24.0 Å². The Morgan fingerprint density at radius 2 is 2.29 bits per heavy atom. The van der Waals surface area contributed by atoms with E-state index in [9.17, 15) is 5.11 Å². The molecule has 17 heavy (non-hydrogen) atoms. The summed E-state index contributed by atoms with van der Waals surface area (Å²) in [4.78, 5) is 6.67. The van der Waals surface area contributed by atoms with Crippen molar-refractivity contribution in [1.82, 2.24) is 4.98 Å². The molecule has 3 N–H and O–H groups in total. The maximum atomic E-state index is 9.24. The van der Waals surface area contributed by atoms with Gasteiger partial charge in [-0.25, -0.2) is 0 Å². The average molecular weight is 251 g/mol. The number of hydrogen-bond donors (Lipinski definition) is 2. The number of aliphatic hydroxyl groups excluding tert-OH is 1. The van der Waals surface area contributed by atoms with Crippen molar-refractivity contribution in [1.29, 1.82) is 0 Å². The number of thiocarbonyl (C=S) groups is 1. The lowest BCUT2D eigenvalue weighted by Crippen LogP contribution is -2.37. The summed E-state index contributed by atoms with van der Waals surface area (Å²) in [5, 5.41) is 9.24. The van der Waals surface area contributed by atoms with Crippen molar-refractivity contribution in [2.24, 2.45) is 11.7 Å². The second-order valence-corrected chi connectivity index (χ2v) is 5.08. The third-order valence-electron chi connectivity index (χ3n) is 3.18. The summed E-state index contributed by atoms with van der Waals surface area (Å²) in [7, 11) is 2.03. The van der Waals surface area contributed by atoms with E-state index in [-0.39, 0.29) is 6.10 Å². The van der Waals surface area contributed by atoms with Crippen LogP contribution in [-0.2, 0) is 0 Å². The van der Waals surface area contributed by atoms with Gasteiger partial charge in [-0.1, -0.05) is 12.2 Å². The first-order chi connectivity index (χ1) is 8.06. The minimum Gasteiger partial charge on any atom is -0.393 e. The number of rotatable bonds is 4. The number of hydrogen-bond acceptors (Lipinski definition) is 4. The molecule has 2 rings (SSSR count). The molecule has 0 atom stereocenters. The Bertz CT molecular complexity index is 401. The first-order valence-corrected chi connectivity index (χ1v) is 6.12. The van der Waals surface area contributed by atoms with Crippen LogP contribution in [0.15, 0.2) is 18.3 Å². The molecule has 0 saturated heterocycles. The Morgan fingerprint density at radius 3 is 2.76 bits per heavy atom. The van der Waals surface area contributed by atoms with E-state index in [1.807, 2.05) is 19.2 Å². The molecule has 1 aliphatic rings. The number of nitrogens with zero attached hydrogens (tertiary/aromatic N) is 2. The summed E-state index contributed by atoms with van der Waals surface area (Å²) < 4.78 is 0. The first-order valence-electron chi connectivity index (χ1n) is 5.71. The van der Waals surface area contributed by atoms with Gasteiger partial charge in [0.15, 0.2) is 0 Å². The summed E-state index contributed by atoms with van der Waals surface area (Å²) in [6.45, 7) is 0.950. The fourth-order valence-electron chi connectivity index (χ4n) is 2.10.